The van der Waals surface area contributed by atoms with E-state index in [0.29, 0.717) is 40.9 Å². The van der Waals surface area contributed by atoms with E-state index in [1.807, 2.05) is 13.8 Å². The lowest BCUT2D eigenvalue weighted by atomic mass is 10.2. The van der Waals surface area contributed by atoms with Gasteiger partial charge < -0.3 is 18.4 Å². The number of ether oxygens (including phenoxy) is 3. The summed E-state index contributed by atoms with van der Waals surface area (Å²) in [5.41, 5.74) is 3.18. The van der Waals surface area contributed by atoms with Gasteiger partial charge in [0.25, 0.3) is 5.91 Å². The van der Waals surface area contributed by atoms with Crippen molar-refractivity contribution < 1.29 is 31.6 Å². The zero-order valence-electron chi connectivity index (χ0n) is 20.9. The van der Waals surface area contributed by atoms with Gasteiger partial charge in [-0.1, -0.05) is 23.2 Å². The summed E-state index contributed by atoms with van der Waals surface area (Å²) in [4.78, 5) is 12.5. The van der Waals surface area contributed by atoms with E-state index in [2.05, 4.69) is 10.5 Å². The molecular formula is C26H26Cl2N2O7S. The average Bonchev–Trinajstić information content (AvgIpc) is 2.88. The molecule has 0 spiro atoms. The third-order valence-electron chi connectivity index (χ3n) is 4.81. The Morgan fingerprint density at radius 3 is 2.16 bits per heavy atom. The number of nitrogens with zero attached hydrogens (tertiary/aromatic N) is 1. The fourth-order valence-corrected chi connectivity index (χ4v) is 4.57. The molecule has 0 heterocycles. The third-order valence-corrected chi connectivity index (χ3v) is 6.58. The first kappa shape index (κ1) is 29.1. The second kappa shape index (κ2) is 13.4. The van der Waals surface area contributed by atoms with Gasteiger partial charge in [-0.25, -0.2) is 5.43 Å². The molecule has 0 aromatic heterocycles. The van der Waals surface area contributed by atoms with Crippen LogP contribution in [0.3, 0.4) is 0 Å². The molecule has 0 unspecified atom stereocenters. The molecule has 3 aromatic carbocycles. The molecule has 0 saturated carbocycles. The number of carbonyl (C=O) groups excluding carboxylic acids is 1. The van der Waals surface area contributed by atoms with Gasteiger partial charge in [-0.05, 0) is 80.9 Å². The molecular weight excluding hydrogens is 555 g/mol. The Kier molecular flexibility index (Phi) is 10.2. The predicted octanol–water partition coefficient (Wildman–Crippen LogP) is 5.72. The van der Waals surface area contributed by atoms with Gasteiger partial charge in [0.05, 0.1) is 31.1 Å². The molecule has 0 fully saturated rings. The third kappa shape index (κ3) is 7.53. The zero-order chi connectivity index (χ0) is 27.7. The first-order valence-corrected chi connectivity index (χ1v) is 13.7. The molecule has 3 rings (SSSR count). The molecule has 1 amide bonds. The Hall–Kier alpha value is -3.47. The van der Waals surface area contributed by atoms with Crippen LogP contribution in [-0.2, 0) is 10.1 Å². The van der Waals surface area contributed by atoms with Gasteiger partial charge in [0.15, 0.2) is 17.2 Å². The Morgan fingerprint density at radius 2 is 1.50 bits per heavy atom. The van der Waals surface area contributed by atoms with Crippen LogP contribution in [0.15, 0.2) is 64.6 Å². The maximum atomic E-state index is 12.7. The first-order chi connectivity index (χ1) is 18.2. The Bertz CT molecular complexity index is 1410. The molecule has 0 radical (unpaired) electrons. The van der Waals surface area contributed by atoms with Crippen LogP contribution in [0.25, 0.3) is 0 Å². The van der Waals surface area contributed by atoms with Gasteiger partial charge in [-0.2, -0.15) is 13.5 Å². The maximum Gasteiger partial charge on any atom is 0.339 e. The largest absolute Gasteiger partial charge is 0.490 e. The summed E-state index contributed by atoms with van der Waals surface area (Å²) in [6.07, 6.45) is 1.34. The van der Waals surface area contributed by atoms with Crippen LogP contribution in [0.5, 0.6) is 23.0 Å². The van der Waals surface area contributed by atoms with Crippen molar-refractivity contribution in [3.63, 3.8) is 0 Å². The smallest absolute Gasteiger partial charge is 0.339 e. The number of nitrogens with one attached hydrogen (secondary N) is 1. The molecule has 0 saturated heterocycles. The minimum absolute atomic E-state index is 0.0332. The van der Waals surface area contributed by atoms with Gasteiger partial charge in [0.1, 0.15) is 4.90 Å². The highest BCUT2D eigenvalue weighted by Crippen LogP contribution is 2.38. The van der Waals surface area contributed by atoms with Crippen molar-refractivity contribution in [2.75, 3.05) is 19.8 Å². The van der Waals surface area contributed by atoms with Crippen LogP contribution in [0.2, 0.25) is 10.0 Å². The van der Waals surface area contributed by atoms with Gasteiger partial charge in [0.2, 0.25) is 5.75 Å². The van der Waals surface area contributed by atoms with E-state index >= 15 is 0 Å². The molecule has 9 nitrogen and oxygen atoms in total. The molecule has 0 atom stereocenters. The molecule has 0 aliphatic rings. The van der Waals surface area contributed by atoms with Gasteiger partial charge in [0, 0.05) is 10.6 Å². The van der Waals surface area contributed by atoms with Crippen molar-refractivity contribution in [3.8, 4) is 23.0 Å². The fraction of sp³-hybridized carbons (Fsp3) is 0.231. The van der Waals surface area contributed by atoms with E-state index in [-0.39, 0.29) is 28.0 Å². The number of hydrogen-bond donors (Lipinski definition) is 1. The summed E-state index contributed by atoms with van der Waals surface area (Å²) >= 11 is 12.2. The fourth-order valence-electron chi connectivity index (χ4n) is 3.19. The lowest BCUT2D eigenvalue weighted by Crippen LogP contribution is -2.18. The minimum Gasteiger partial charge on any atom is -0.490 e. The summed E-state index contributed by atoms with van der Waals surface area (Å²) in [6, 6.07) is 13.2. The van der Waals surface area contributed by atoms with E-state index < -0.39 is 16.0 Å². The number of benzene rings is 3. The van der Waals surface area contributed by atoms with Crippen molar-refractivity contribution in [1.82, 2.24) is 5.43 Å². The normalized spacial score (nSPS) is 11.3. The second-order valence-electron chi connectivity index (χ2n) is 7.48. The summed E-state index contributed by atoms with van der Waals surface area (Å²) < 4.78 is 47.4. The Morgan fingerprint density at radius 1 is 0.868 bits per heavy atom. The van der Waals surface area contributed by atoms with E-state index in [1.54, 1.807) is 25.1 Å². The number of carbonyl (C=O) groups is 1. The quantitative estimate of drug-likeness (QED) is 0.165. The summed E-state index contributed by atoms with van der Waals surface area (Å²) in [6.45, 7) is 6.49. The number of amides is 1. The highest BCUT2D eigenvalue weighted by atomic mass is 35.5. The molecule has 3 aromatic rings. The van der Waals surface area contributed by atoms with Gasteiger partial charge in [-0.15, -0.1) is 0 Å². The predicted molar refractivity (Wildman–Crippen MR) is 146 cm³/mol. The van der Waals surface area contributed by atoms with E-state index in [0.717, 1.165) is 0 Å². The van der Waals surface area contributed by atoms with E-state index in [4.69, 9.17) is 41.6 Å². The van der Waals surface area contributed by atoms with E-state index in [1.165, 1.54) is 42.6 Å². The number of hydrogen-bond acceptors (Lipinski definition) is 8. The lowest BCUT2D eigenvalue weighted by molar-refractivity contribution is 0.0954. The van der Waals surface area contributed by atoms with Crippen LogP contribution in [0, 0.1) is 0 Å². The lowest BCUT2D eigenvalue weighted by Gasteiger charge is -2.14. The standard InChI is InChI=1S/C26H26Cl2N2O7S/c1-4-34-22-12-7-18(15-23(22)35-5-2)26(31)30-29-16-17-13-21(28)25(24(14-17)36-6-3)37-38(32,33)20-10-8-19(27)9-11-20/h7-16H,4-6H2,1-3H3,(H,30,31)/b29-16+. The van der Waals surface area contributed by atoms with Crippen molar-refractivity contribution in [2.45, 2.75) is 25.7 Å². The molecule has 1 N–H and O–H groups in total. The number of halogens is 2. The van der Waals surface area contributed by atoms with Gasteiger partial charge >= 0.3 is 10.1 Å². The zero-order valence-corrected chi connectivity index (χ0v) is 23.2. The highest BCUT2D eigenvalue weighted by molar-refractivity contribution is 7.87. The maximum absolute atomic E-state index is 12.7. The van der Waals surface area contributed by atoms with Crippen molar-refractivity contribution in [3.05, 3.63) is 75.8 Å². The molecule has 0 bridgehead atoms. The first-order valence-electron chi connectivity index (χ1n) is 11.6. The molecule has 202 valence electrons. The van der Waals surface area contributed by atoms with Crippen LogP contribution >= 0.6 is 23.2 Å². The summed E-state index contributed by atoms with van der Waals surface area (Å²) in [5, 5.41) is 4.32. The summed E-state index contributed by atoms with van der Waals surface area (Å²) in [5.74, 6) is 0.409. The van der Waals surface area contributed by atoms with Gasteiger partial charge in [-0.3, -0.25) is 4.79 Å². The average molecular weight is 581 g/mol. The minimum atomic E-state index is -4.21. The number of hydrazone groups is 1. The van der Waals surface area contributed by atoms with E-state index in [9.17, 15) is 13.2 Å². The van der Waals surface area contributed by atoms with Crippen LogP contribution in [0.1, 0.15) is 36.7 Å². The Balaban J connectivity index is 1.79. The van der Waals surface area contributed by atoms with Crippen LogP contribution in [-0.4, -0.2) is 40.4 Å². The number of rotatable bonds is 12. The highest BCUT2D eigenvalue weighted by Gasteiger charge is 2.22. The Labute approximate surface area is 231 Å². The molecule has 0 aliphatic heterocycles. The molecule has 0 aliphatic carbocycles. The monoisotopic (exact) mass is 580 g/mol. The molecule has 12 heteroatoms. The molecule has 38 heavy (non-hydrogen) atoms. The van der Waals surface area contributed by atoms with Crippen LogP contribution < -0.4 is 23.8 Å². The van der Waals surface area contributed by atoms with Crippen molar-refractivity contribution >= 4 is 45.4 Å². The van der Waals surface area contributed by atoms with Crippen molar-refractivity contribution in [1.29, 1.82) is 0 Å². The summed E-state index contributed by atoms with van der Waals surface area (Å²) in [7, 11) is -4.21. The SMILES string of the molecule is CCOc1ccc(C(=O)N/N=C/c2cc(Cl)c(OS(=O)(=O)c3ccc(Cl)cc3)c(OCC)c2)cc1OCC. The topological polar surface area (TPSA) is 113 Å². The van der Waals surface area contributed by atoms with Crippen molar-refractivity contribution in [2.24, 2.45) is 5.10 Å². The van der Waals surface area contributed by atoms with Crippen LogP contribution in [0.4, 0.5) is 0 Å². The second-order valence-corrected chi connectivity index (χ2v) is 9.87.